The van der Waals surface area contributed by atoms with Crippen LogP contribution in [-0.4, -0.2) is 67.4 Å². The number of fused-ring (bicyclic) bond motifs is 1. The molecule has 0 radical (unpaired) electrons. The minimum atomic E-state index is -0.490. The topological polar surface area (TPSA) is 128 Å². The predicted molar refractivity (Wildman–Crippen MR) is 154 cm³/mol. The minimum absolute atomic E-state index is 0.171. The highest BCUT2D eigenvalue weighted by molar-refractivity contribution is 5.87. The van der Waals surface area contributed by atoms with Gasteiger partial charge in [-0.05, 0) is 57.4 Å². The van der Waals surface area contributed by atoms with Gasteiger partial charge in [-0.25, -0.2) is 9.78 Å². The van der Waals surface area contributed by atoms with E-state index in [0.29, 0.717) is 18.9 Å². The Morgan fingerprint density at radius 2 is 1.95 bits per heavy atom. The Kier molecular flexibility index (Phi) is 7.41. The minimum Gasteiger partial charge on any atom is -0.444 e. The van der Waals surface area contributed by atoms with Gasteiger partial charge in [-0.3, -0.25) is 4.90 Å². The Morgan fingerprint density at radius 1 is 1.18 bits per heavy atom. The highest BCUT2D eigenvalue weighted by Crippen LogP contribution is 2.26. The Labute approximate surface area is 234 Å². The summed E-state index contributed by atoms with van der Waals surface area (Å²) in [5.41, 5.74) is 11.6. The summed E-state index contributed by atoms with van der Waals surface area (Å²) in [6.07, 6.45) is 1.74. The number of nitrogens with zero attached hydrogens (tertiary/aromatic N) is 6. The highest BCUT2D eigenvalue weighted by atomic mass is 16.6. The van der Waals surface area contributed by atoms with Gasteiger partial charge in [0.05, 0.1) is 18.1 Å². The summed E-state index contributed by atoms with van der Waals surface area (Å²) in [6, 6.07) is 10.6. The molecule has 1 aliphatic rings. The first-order valence-electron chi connectivity index (χ1n) is 13.5. The fourth-order valence-corrected chi connectivity index (χ4v) is 4.93. The lowest BCUT2D eigenvalue weighted by Crippen LogP contribution is -2.59. The van der Waals surface area contributed by atoms with Crippen molar-refractivity contribution in [2.24, 2.45) is 0 Å². The third-order valence-corrected chi connectivity index (χ3v) is 7.06. The zero-order chi connectivity index (χ0) is 28.6. The Hall–Kier alpha value is -4.12. The number of ether oxygens (including phenoxy) is 1. The number of aromatic nitrogens is 4. The molecule has 40 heavy (non-hydrogen) atoms. The van der Waals surface area contributed by atoms with Gasteiger partial charge >= 0.3 is 6.09 Å². The average molecular weight is 547 g/mol. The van der Waals surface area contributed by atoms with Crippen molar-refractivity contribution < 1.29 is 14.1 Å². The van der Waals surface area contributed by atoms with Crippen LogP contribution in [0.25, 0.3) is 11.0 Å². The second-order valence-corrected chi connectivity index (χ2v) is 11.6. The van der Waals surface area contributed by atoms with Gasteiger partial charge in [0, 0.05) is 45.5 Å². The van der Waals surface area contributed by atoms with Crippen LogP contribution in [-0.2, 0) is 24.4 Å². The molecular formula is C29H38N8O3. The molecule has 1 amide bonds. The number of hydrogen-bond acceptors (Lipinski definition) is 9. The van der Waals surface area contributed by atoms with E-state index < -0.39 is 5.60 Å². The van der Waals surface area contributed by atoms with Crippen LogP contribution >= 0.6 is 0 Å². The normalized spacial score (nSPS) is 14.3. The van der Waals surface area contributed by atoms with Crippen LogP contribution in [0.5, 0.6) is 0 Å². The quantitative estimate of drug-likeness (QED) is 0.332. The fourth-order valence-electron chi connectivity index (χ4n) is 4.93. The van der Waals surface area contributed by atoms with Gasteiger partial charge < -0.3 is 29.8 Å². The lowest BCUT2D eigenvalue weighted by Gasteiger charge is -2.44. The van der Waals surface area contributed by atoms with Crippen molar-refractivity contribution in [2.75, 3.05) is 31.2 Å². The molecule has 0 bridgehead atoms. The molecule has 212 valence electrons. The molecule has 1 aromatic carbocycles. The van der Waals surface area contributed by atoms with E-state index in [1.807, 2.05) is 53.1 Å². The molecule has 0 atom stereocenters. The van der Waals surface area contributed by atoms with Gasteiger partial charge in [0.15, 0.2) is 5.82 Å². The number of carbonyl (C=O) groups excluding carboxylic acids is 1. The van der Waals surface area contributed by atoms with E-state index in [9.17, 15) is 4.79 Å². The standard InChI is InChI=1S/C29H38N8O3/c1-18-11-20(14-36-16-23(17-36)35(6)28(38)39-29(3,4)5)7-8-21(18)15-37-10-9-24-25(37)26(33-27(30)32-24)31-13-22-12-19(2)40-34-22/h7-12,23H,13-17H2,1-6H3,(H3,30,31,32,33). The first-order valence-corrected chi connectivity index (χ1v) is 13.5. The van der Waals surface area contributed by atoms with E-state index in [1.165, 1.54) is 16.7 Å². The maximum Gasteiger partial charge on any atom is 0.410 e. The van der Waals surface area contributed by atoms with Crippen LogP contribution in [0.3, 0.4) is 0 Å². The van der Waals surface area contributed by atoms with Gasteiger partial charge in [-0.2, -0.15) is 4.98 Å². The number of benzene rings is 1. The summed E-state index contributed by atoms with van der Waals surface area (Å²) in [5.74, 6) is 1.63. The van der Waals surface area contributed by atoms with Crippen LogP contribution in [0.15, 0.2) is 41.1 Å². The van der Waals surface area contributed by atoms with Crippen LogP contribution in [0.2, 0.25) is 0 Å². The molecule has 11 nitrogen and oxygen atoms in total. The van der Waals surface area contributed by atoms with Crippen molar-refractivity contribution in [1.29, 1.82) is 0 Å². The average Bonchev–Trinajstić information content (AvgIpc) is 3.45. The van der Waals surface area contributed by atoms with Crippen molar-refractivity contribution in [1.82, 2.24) is 29.5 Å². The fraction of sp³-hybridized carbons (Fsp3) is 0.448. The second-order valence-electron chi connectivity index (χ2n) is 11.6. The summed E-state index contributed by atoms with van der Waals surface area (Å²) < 4.78 is 12.8. The van der Waals surface area contributed by atoms with Crippen LogP contribution in [0.4, 0.5) is 16.6 Å². The molecule has 1 aliphatic heterocycles. The van der Waals surface area contributed by atoms with Crippen molar-refractivity contribution in [3.63, 3.8) is 0 Å². The zero-order valence-electron chi connectivity index (χ0n) is 24.1. The summed E-state index contributed by atoms with van der Waals surface area (Å²) in [7, 11) is 1.82. The summed E-state index contributed by atoms with van der Waals surface area (Å²) in [4.78, 5) is 25.3. The third kappa shape index (κ3) is 6.20. The highest BCUT2D eigenvalue weighted by Gasteiger charge is 2.34. The number of rotatable bonds is 8. The Morgan fingerprint density at radius 3 is 2.62 bits per heavy atom. The molecule has 1 fully saturated rings. The molecule has 3 N–H and O–H groups in total. The van der Waals surface area contributed by atoms with E-state index >= 15 is 0 Å². The summed E-state index contributed by atoms with van der Waals surface area (Å²) in [5, 5.41) is 7.39. The van der Waals surface area contributed by atoms with Gasteiger partial charge in [0.25, 0.3) is 0 Å². The van der Waals surface area contributed by atoms with Gasteiger partial charge in [0.1, 0.15) is 22.6 Å². The van der Waals surface area contributed by atoms with Crippen molar-refractivity contribution in [3.8, 4) is 0 Å². The van der Waals surface area contributed by atoms with Crippen molar-refractivity contribution in [3.05, 3.63) is 64.7 Å². The number of likely N-dealkylation sites (N-methyl/N-ethyl adjacent to an activating group) is 1. The van der Waals surface area contributed by atoms with Crippen molar-refractivity contribution >= 4 is 28.9 Å². The molecule has 0 saturated carbocycles. The maximum atomic E-state index is 12.4. The molecule has 3 aromatic heterocycles. The molecule has 0 aliphatic carbocycles. The number of nitrogens with two attached hydrogens (primary N) is 1. The van der Waals surface area contributed by atoms with Crippen LogP contribution < -0.4 is 11.1 Å². The number of hydrogen-bond donors (Lipinski definition) is 2. The largest absolute Gasteiger partial charge is 0.444 e. The molecule has 4 heterocycles. The van der Waals surface area contributed by atoms with Gasteiger partial charge in [-0.15, -0.1) is 0 Å². The number of nitrogens with one attached hydrogen (secondary N) is 1. The van der Waals surface area contributed by atoms with E-state index in [0.717, 1.165) is 42.1 Å². The zero-order valence-corrected chi connectivity index (χ0v) is 24.1. The molecule has 0 unspecified atom stereocenters. The van der Waals surface area contributed by atoms with E-state index in [4.69, 9.17) is 15.0 Å². The van der Waals surface area contributed by atoms with Gasteiger partial charge in [0.2, 0.25) is 5.95 Å². The van der Waals surface area contributed by atoms with E-state index in [2.05, 4.69) is 55.0 Å². The number of anilines is 2. The first kappa shape index (κ1) is 27.4. The lowest BCUT2D eigenvalue weighted by molar-refractivity contribution is -0.00573. The number of carbonyl (C=O) groups is 1. The van der Waals surface area contributed by atoms with Crippen molar-refractivity contribution in [2.45, 2.75) is 65.9 Å². The number of amides is 1. The molecule has 4 aromatic rings. The molecule has 1 saturated heterocycles. The van der Waals surface area contributed by atoms with Gasteiger partial charge in [-0.1, -0.05) is 23.4 Å². The van der Waals surface area contributed by atoms with E-state index in [1.54, 1.807) is 4.90 Å². The van der Waals surface area contributed by atoms with E-state index in [-0.39, 0.29) is 18.1 Å². The molecule has 5 rings (SSSR count). The lowest BCUT2D eigenvalue weighted by atomic mass is 10.0. The molecule has 11 heteroatoms. The number of likely N-dealkylation sites (tertiary alicyclic amines) is 1. The summed E-state index contributed by atoms with van der Waals surface area (Å²) in [6.45, 7) is 13.3. The van der Waals surface area contributed by atoms with Crippen LogP contribution in [0.1, 0.15) is 48.9 Å². The number of nitrogen functional groups attached to an aromatic ring is 1. The Bertz CT molecular complexity index is 1510. The molecule has 0 spiro atoms. The molecular weight excluding hydrogens is 508 g/mol. The Balaban J connectivity index is 1.23. The monoisotopic (exact) mass is 546 g/mol. The second kappa shape index (κ2) is 10.8. The number of aryl methyl sites for hydroxylation is 2. The first-order chi connectivity index (χ1) is 18.9. The maximum absolute atomic E-state index is 12.4. The predicted octanol–water partition coefficient (Wildman–Crippen LogP) is 4.33. The SMILES string of the molecule is Cc1cc(CNc2nc(N)nc3ccn(Cc4ccc(CN5CC(N(C)C(=O)OC(C)(C)C)C5)cc4C)c23)no1. The van der Waals surface area contributed by atoms with Crippen LogP contribution in [0, 0.1) is 13.8 Å². The smallest absolute Gasteiger partial charge is 0.410 e. The summed E-state index contributed by atoms with van der Waals surface area (Å²) >= 11 is 0. The third-order valence-electron chi connectivity index (χ3n) is 7.06.